The summed E-state index contributed by atoms with van der Waals surface area (Å²) in [6.07, 6.45) is 1.72. The van der Waals surface area contributed by atoms with Crippen LogP contribution in [0.4, 0.5) is 10.4 Å². The first-order chi connectivity index (χ1) is 16.8. The molecule has 0 bridgehead atoms. The van der Waals surface area contributed by atoms with Gasteiger partial charge in [-0.15, -0.1) is 16.9 Å². The van der Waals surface area contributed by atoms with E-state index in [1.165, 1.54) is 28.8 Å². The highest BCUT2D eigenvalue weighted by Crippen LogP contribution is 2.32. The molecule has 0 aliphatic rings. The van der Waals surface area contributed by atoms with Crippen molar-refractivity contribution in [3.05, 3.63) is 76.3 Å². The van der Waals surface area contributed by atoms with Crippen molar-refractivity contribution in [1.82, 2.24) is 25.1 Å². The number of carbonyl (C=O) groups excluding carboxylic acids is 1. The van der Waals surface area contributed by atoms with Crippen LogP contribution in [0.5, 0.6) is 0 Å². The summed E-state index contributed by atoms with van der Waals surface area (Å²) in [5.74, 6) is 0.0166. The minimum absolute atomic E-state index is 0.0205. The molecule has 0 spiro atoms. The van der Waals surface area contributed by atoms with Gasteiger partial charge in [-0.1, -0.05) is 28.8 Å². The Bertz CT molecular complexity index is 1420. The van der Waals surface area contributed by atoms with Crippen LogP contribution in [0.2, 0.25) is 5.02 Å². The number of amides is 1. The number of nitrogens with two attached hydrogens (primary N) is 1. The number of anilines is 1. The van der Waals surface area contributed by atoms with Crippen LogP contribution in [0.15, 0.2) is 51.9 Å². The topological polar surface area (TPSA) is 138 Å². The maximum atomic E-state index is 14.5. The highest BCUT2D eigenvalue weighted by Gasteiger charge is 2.20. The van der Waals surface area contributed by atoms with Crippen molar-refractivity contribution in [2.24, 2.45) is 0 Å². The number of nitrogen functional groups attached to an aromatic ring is 1. The Morgan fingerprint density at radius 2 is 2.11 bits per heavy atom. The molecule has 0 fully saturated rings. The number of aryl methyl sites for hydroxylation is 1. The summed E-state index contributed by atoms with van der Waals surface area (Å²) >= 11 is 7.62. The summed E-state index contributed by atoms with van der Waals surface area (Å²) in [5, 5.41) is 16.9. The molecule has 4 rings (SSSR count). The monoisotopic (exact) mass is 511 g/mol. The molecule has 2 aromatic heterocycles. The standard InChI is InChI=1S/C23H19ClFN7O2S/c1-13-28-9-19(29-13)15-4-5-17(24)20(7-15)35-12-22(33)32(11-21-30-31-23(27)34-21)10-16-3-2-14(8-26)6-18(16)25/h2-7,9H,10-12H2,1H3,(H2,27,31)(H,28,29). The zero-order chi connectivity index (χ0) is 24.9. The lowest BCUT2D eigenvalue weighted by molar-refractivity contribution is -0.129. The van der Waals surface area contributed by atoms with Crippen molar-refractivity contribution in [2.75, 3.05) is 11.5 Å². The van der Waals surface area contributed by atoms with Crippen LogP contribution in [-0.4, -0.2) is 36.7 Å². The molecule has 9 nitrogen and oxygen atoms in total. The van der Waals surface area contributed by atoms with Crippen LogP contribution in [-0.2, 0) is 17.9 Å². The van der Waals surface area contributed by atoms with Gasteiger partial charge in [0.25, 0.3) is 0 Å². The summed E-state index contributed by atoms with van der Waals surface area (Å²) in [6.45, 7) is 1.72. The number of benzene rings is 2. The molecule has 4 aromatic rings. The number of H-pyrrole nitrogens is 1. The lowest BCUT2D eigenvalue weighted by atomic mass is 10.1. The third-order valence-electron chi connectivity index (χ3n) is 5.00. The number of rotatable bonds is 8. The highest BCUT2D eigenvalue weighted by molar-refractivity contribution is 8.00. The zero-order valence-electron chi connectivity index (χ0n) is 18.5. The Labute approximate surface area is 209 Å². The van der Waals surface area contributed by atoms with Gasteiger partial charge in [0.1, 0.15) is 11.6 Å². The Kier molecular flexibility index (Phi) is 7.33. The Hall–Kier alpha value is -3.88. The summed E-state index contributed by atoms with van der Waals surface area (Å²) in [5.41, 5.74) is 7.63. The predicted octanol–water partition coefficient (Wildman–Crippen LogP) is 4.34. The average molecular weight is 512 g/mol. The number of nitrogens with one attached hydrogen (secondary N) is 1. The number of imidazole rings is 1. The molecule has 178 valence electrons. The van der Waals surface area contributed by atoms with Gasteiger partial charge in [0.2, 0.25) is 11.8 Å². The molecule has 2 aromatic carbocycles. The van der Waals surface area contributed by atoms with Gasteiger partial charge >= 0.3 is 6.01 Å². The van der Waals surface area contributed by atoms with E-state index < -0.39 is 5.82 Å². The van der Waals surface area contributed by atoms with Crippen molar-refractivity contribution in [2.45, 2.75) is 24.9 Å². The number of aromatic amines is 1. The minimum Gasteiger partial charge on any atom is -0.406 e. The number of aromatic nitrogens is 4. The lowest BCUT2D eigenvalue weighted by Crippen LogP contribution is -2.32. The molecule has 35 heavy (non-hydrogen) atoms. The first-order valence-electron chi connectivity index (χ1n) is 10.3. The summed E-state index contributed by atoms with van der Waals surface area (Å²) in [6, 6.07) is 11.3. The molecule has 3 N–H and O–H groups in total. The Morgan fingerprint density at radius 1 is 1.29 bits per heavy atom. The molecule has 0 saturated carbocycles. The van der Waals surface area contributed by atoms with E-state index in [0.717, 1.165) is 23.1 Å². The van der Waals surface area contributed by atoms with Gasteiger partial charge < -0.3 is 20.0 Å². The second-order valence-corrected chi connectivity index (χ2v) is 8.94. The summed E-state index contributed by atoms with van der Waals surface area (Å²) < 4.78 is 19.7. The second kappa shape index (κ2) is 10.6. The van der Waals surface area contributed by atoms with Gasteiger partial charge in [0, 0.05) is 22.6 Å². The average Bonchev–Trinajstić information content (AvgIpc) is 3.46. The molecule has 12 heteroatoms. The first kappa shape index (κ1) is 24.3. The SMILES string of the molecule is Cc1ncc(-c2ccc(Cl)c(SCC(=O)N(Cc3nnc(N)o3)Cc3ccc(C#N)cc3F)c2)[nH]1. The molecular formula is C23H19ClFN7O2S. The van der Waals surface area contributed by atoms with E-state index in [1.54, 1.807) is 12.3 Å². The zero-order valence-corrected chi connectivity index (χ0v) is 20.0. The molecule has 0 radical (unpaired) electrons. The number of halogens is 2. The summed E-state index contributed by atoms with van der Waals surface area (Å²) in [4.78, 5) is 22.6. The number of nitrogens with zero attached hydrogens (tertiary/aromatic N) is 5. The van der Waals surface area contributed by atoms with Gasteiger partial charge in [0.05, 0.1) is 40.8 Å². The maximum Gasteiger partial charge on any atom is 0.312 e. The van der Waals surface area contributed by atoms with Crippen molar-refractivity contribution in [3.63, 3.8) is 0 Å². The molecule has 0 aliphatic carbocycles. The lowest BCUT2D eigenvalue weighted by Gasteiger charge is -2.21. The van der Waals surface area contributed by atoms with Crippen LogP contribution in [0.25, 0.3) is 11.3 Å². The molecular weight excluding hydrogens is 493 g/mol. The minimum atomic E-state index is -0.592. The second-order valence-electron chi connectivity index (χ2n) is 7.52. The van der Waals surface area contributed by atoms with Gasteiger partial charge in [-0.25, -0.2) is 9.37 Å². The largest absolute Gasteiger partial charge is 0.406 e. The molecule has 0 saturated heterocycles. The number of nitriles is 1. The van der Waals surface area contributed by atoms with Crippen molar-refractivity contribution < 1.29 is 13.6 Å². The van der Waals surface area contributed by atoms with E-state index >= 15 is 0 Å². The van der Waals surface area contributed by atoms with Crippen LogP contribution < -0.4 is 5.73 Å². The highest BCUT2D eigenvalue weighted by atomic mass is 35.5. The van der Waals surface area contributed by atoms with Crippen LogP contribution in [0, 0.1) is 24.1 Å². The third kappa shape index (κ3) is 5.98. The van der Waals surface area contributed by atoms with Gasteiger partial charge in [0.15, 0.2) is 0 Å². The number of thioether (sulfide) groups is 1. The fourth-order valence-corrected chi connectivity index (χ4v) is 4.42. The van der Waals surface area contributed by atoms with Gasteiger partial charge in [-0.3, -0.25) is 4.79 Å². The van der Waals surface area contributed by atoms with Crippen molar-refractivity contribution in [3.8, 4) is 17.3 Å². The molecule has 2 heterocycles. The van der Waals surface area contributed by atoms with Crippen molar-refractivity contribution in [1.29, 1.82) is 5.26 Å². The fourth-order valence-electron chi connectivity index (χ4n) is 3.26. The fraction of sp³-hybridized carbons (Fsp3) is 0.174. The van der Waals surface area contributed by atoms with Gasteiger partial charge in [-0.05, 0) is 31.2 Å². The number of hydrogen-bond donors (Lipinski definition) is 2. The van der Waals surface area contributed by atoms with E-state index in [9.17, 15) is 9.18 Å². The molecule has 0 unspecified atom stereocenters. The van der Waals surface area contributed by atoms with Crippen molar-refractivity contribution >= 4 is 35.3 Å². The van der Waals surface area contributed by atoms with E-state index in [0.29, 0.717) is 9.92 Å². The van der Waals surface area contributed by atoms with Crippen LogP contribution >= 0.6 is 23.4 Å². The van der Waals surface area contributed by atoms with Crippen LogP contribution in [0.1, 0.15) is 22.8 Å². The third-order valence-corrected chi connectivity index (χ3v) is 6.48. The summed E-state index contributed by atoms with van der Waals surface area (Å²) in [7, 11) is 0. The molecule has 0 atom stereocenters. The number of hydrogen-bond acceptors (Lipinski definition) is 8. The van der Waals surface area contributed by atoms with E-state index in [4.69, 9.17) is 27.0 Å². The van der Waals surface area contributed by atoms with E-state index in [1.807, 2.05) is 25.1 Å². The maximum absolute atomic E-state index is 14.5. The molecule has 1 amide bonds. The normalized spacial score (nSPS) is 10.8. The van der Waals surface area contributed by atoms with Crippen LogP contribution in [0.3, 0.4) is 0 Å². The Morgan fingerprint density at radius 3 is 2.77 bits per heavy atom. The first-order valence-corrected chi connectivity index (χ1v) is 11.7. The van der Waals surface area contributed by atoms with Gasteiger partial charge in [-0.2, -0.15) is 5.26 Å². The smallest absolute Gasteiger partial charge is 0.312 e. The predicted molar refractivity (Wildman–Crippen MR) is 129 cm³/mol. The quantitative estimate of drug-likeness (QED) is 0.333. The Balaban J connectivity index is 1.52. The van der Waals surface area contributed by atoms with E-state index in [2.05, 4.69) is 20.2 Å². The molecule has 0 aliphatic heterocycles. The number of carbonyl (C=O) groups is 1. The van der Waals surface area contributed by atoms with E-state index in [-0.39, 0.29) is 47.8 Å².